The number of carbonyl (C=O) groups is 1. The first-order valence-electron chi connectivity index (χ1n) is 14.2. The van der Waals surface area contributed by atoms with Crippen LogP contribution < -0.4 is 4.74 Å². The number of benzene rings is 2. The van der Waals surface area contributed by atoms with Gasteiger partial charge in [-0.05, 0) is 64.6 Å². The minimum atomic E-state index is -0.823. The molecule has 8 heteroatoms. The van der Waals surface area contributed by atoms with Crippen molar-refractivity contribution in [3.63, 3.8) is 0 Å². The Morgan fingerprint density at radius 1 is 1.00 bits per heavy atom. The number of aromatic nitrogens is 4. The number of ether oxygens (including phenoxy) is 1. The summed E-state index contributed by atoms with van der Waals surface area (Å²) in [5, 5.41) is 17.7. The Hall–Kier alpha value is -3.32. The number of aliphatic carboxylic acids is 1. The molecule has 0 spiro atoms. The molecule has 0 aliphatic heterocycles. The van der Waals surface area contributed by atoms with Gasteiger partial charge in [0.05, 0.1) is 6.61 Å². The molecule has 4 rings (SSSR count). The van der Waals surface area contributed by atoms with E-state index in [0.29, 0.717) is 30.3 Å². The summed E-state index contributed by atoms with van der Waals surface area (Å²) in [5.74, 6) is 0.547. The number of carboxylic acids is 1. The van der Waals surface area contributed by atoms with Gasteiger partial charge in [-0.15, -0.1) is 5.10 Å². The maximum Gasteiger partial charge on any atom is 0.303 e. The lowest BCUT2D eigenvalue weighted by Gasteiger charge is -2.33. The lowest BCUT2D eigenvalue weighted by atomic mass is 9.72. The number of H-pyrrole nitrogens is 1. The van der Waals surface area contributed by atoms with E-state index in [0.717, 1.165) is 40.2 Å². The van der Waals surface area contributed by atoms with Crippen molar-refractivity contribution in [2.75, 3.05) is 6.61 Å². The van der Waals surface area contributed by atoms with Gasteiger partial charge in [-0.25, -0.2) is 4.98 Å². The van der Waals surface area contributed by atoms with Crippen LogP contribution in [0.15, 0.2) is 42.5 Å². The summed E-state index contributed by atoms with van der Waals surface area (Å²) in [6, 6.07) is 14.3. The van der Waals surface area contributed by atoms with Crippen molar-refractivity contribution in [3.8, 4) is 17.1 Å². The lowest BCUT2D eigenvalue weighted by Crippen LogP contribution is -2.25. The highest BCUT2D eigenvalue weighted by atomic mass is 35.5. The van der Waals surface area contributed by atoms with Gasteiger partial charge in [0.15, 0.2) is 11.5 Å². The van der Waals surface area contributed by atoms with E-state index >= 15 is 0 Å². The first-order valence-corrected chi connectivity index (χ1v) is 14.6. The Balaban J connectivity index is 1.67. The molecule has 220 valence electrons. The largest absolute Gasteiger partial charge is 0.493 e. The van der Waals surface area contributed by atoms with Crippen LogP contribution in [0.5, 0.6) is 5.75 Å². The minimum Gasteiger partial charge on any atom is -0.493 e. The summed E-state index contributed by atoms with van der Waals surface area (Å²) in [6.45, 7) is 18.1. The molecule has 0 unspecified atom stereocenters. The molecule has 0 fully saturated rings. The first-order chi connectivity index (χ1) is 19.0. The third kappa shape index (κ3) is 7.70. The first kappa shape index (κ1) is 30.6. The zero-order valence-electron chi connectivity index (χ0n) is 25.6. The average molecular weight is 579 g/mol. The lowest BCUT2D eigenvalue weighted by molar-refractivity contribution is -0.137. The standard InChI is InChI=1S/C33H43ClN4O3/c1-31(2,3)20-33(7,8)24-12-14-26(41-15-9-10-29(39)40)23(18-24)17-22-16-21(11-13-25(22)34)30-35-28-19-27(32(4,5)6)36-38(28)37-30/h11-14,16,18-19,36H,9-10,15,17,20H2,1-8H3,(H,39,40). The molecule has 7 nitrogen and oxygen atoms in total. The fraction of sp³-hybridized carbons (Fsp3) is 0.485. The number of carboxylic acid groups (broad SMARTS) is 1. The SMILES string of the molecule is CC(C)(C)CC(C)(C)c1ccc(OCCCC(=O)O)c(Cc2cc(-c3nc4cc(C(C)(C)C)[nH]n4n3)ccc2Cl)c1. The van der Waals surface area contributed by atoms with Gasteiger partial charge in [-0.3, -0.25) is 9.89 Å². The molecule has 2 aromatic carbocycles. The van der Waals surface area contributed by atoms with Gasteiger partial charge in [-0.1, -0.05) is 79.1 Å². The van der Waals surface area contributed by atoms with E-state index in [4.69, 9.17) is 31.5 Å². The van der Waals surface area contributed by atoms with E-state index in [2.05, 4.69) is 72.6 Å². The fourth-order valence-electron chi connectivity index (χ4n) is 5.45. The average Bonchev–Trinajstić information content (AvgIpc) is 3.42. The number of hydrogen-bond acceptors (Lipinski definition) is 4. The Kier molecular flexibility index (Phi) is 8.60. The van der Waals surface area contributed by atoms with E-state index in [1.165, 1.54) is 5.56 Å². The molecule has 2 heterocycles. The van der Waals surface area contributed by atoms with Crippen LogP contribution in [0.3, 0.4) is 0 Å². The third-order valence-electron chi connectivity index (χ3n) is 7.23. The Morgan fingerprint density at radius 2 is 1.73 bits per heavy atom. The van der Waals surface area contributed by atoms with E-state index < -0.39 is 5.97 Å². The van der Waals surface area contributed by atoms with Gasteiger partial charge >= 0.3 is 5.97 Å². The second kappa shape index (κ2) is 11.5. The molecule has 2 aromatic heterocycles. The summed E-state index contributed by atoms with van der Waals surface area (Å²) >= 11 is 6.73. The van der Waals surface area contributed by atoms with Gasteiger partial charge in [0.2, 0.25) is 0 Å². The van der Waals surface area contributed by atoms with Crippen LogP contribution in [0.4, 0.5) is 0 Å². The molecule has 0 saturated carbocycles. The fourth-order valence-corrected chi connectivity index (χ4v) is 5.63. The maximum atomic E-state index is 11.0. The smallest absolute Gasteiger partial charge is 0.303 e. The van der Waals surface area contributed by atoms with E-state index in [9.17, 15) is 4.79 Å². The minimum absolute atomic E-state index is 0.0284. The number of rotatable bonds is 10. The predicted octanol–water partition coefficient (Wildman–Crippen LogP) is 8.22. The van der Waals surface area contributed by atoms with Crippen LogP contribution in [0.25, 0.3) is 17.0 Å². The number of nitrogens with zero attached hydrogens (tertiary/aromatic N) is 3. The highest BCUT2D eigenvalue weighted by Crippen LogP contribution is 2.39. The van der Waals surface area contributed by atoms with Gasteiger partial charge in [0, 0.05) is 40.6 Å². The van der Waals surface area contributed by atoms with Crippen molar-refractivity contribution in [1.82, 2.24) is 19.8 Å². The number of hydrogen-bond donors (Lipinski definition) is 2. The Bertz CT molecular complexity index is 1500. The molecular weight excluding hydrogens is 536 g/mol. The zero-order valence-corrected chi connectivity index (χ0v) is 26.3. The van der Waals surface area contributed by atoms with Crippen LogP contribution in [0.2, 0.25) is 5.02 Å². The highest BCUT2D eigenvalue weighted by molar-refractivity contribution is 6.31. The summed E-state index contributed by atoms with van der Waals surface area (Å²) in [7, 11) is 0. The normalized spacial score (nSPS) is 12.7. The van der Waals surface area contributed by atoms with Gasteiger partial charge < -0.3 is 9.84 Å². The number of halogens is 1. The molecule has 0 aliphatic rings. The van der Waals surface area contributed by atoms with Crippen LogP contribution >= 0.6 is 11.6 Å². The van der Waals surface area contributed by atoms with Gasteiger partial charge in [0.1, 0.15) is 5.75 Å². The summed E-state index contributed by atoms with van der Waals surface area (Å²) in [5.41, 5.74) is 6.00. The van der Waals surface area contributed by atoms with E-state index in [1.807, 2.05) is 30.3 Å². The monoisotopic (exact) mass is 578 g/mol. The van der Waals surface area contributed by atoms with Crippen LogP contribution in [-0.2, 0) is 22.0 Å². The van der Waals surface area contributed by atoms with Crippen molar-refractivity contribution in [3.05, 3.63) is 69.9 Å². The van der Waals surface area contributed by atoms with Gasteiger partial charge in [0.25, 0.3) is 0 Å². The second-order valence-corrected chi connectivity index (χ2v) is 14.3. The van der Waals surface area contributed by atoms with Crippen molar-refractivity contribution in [1.29, 1.82) is 0 Å². The molecule has 0 bridgehead atoms. The van der Waals surface area contributed by atoms with E-state index in [1.54, 1.807) is 4.63 Å². The number of nitrogens with one attached hydrogen (secondary N) is 1. The molecule has 0 radical (unpaired) electrons. The van der Waals surface area contributed by atoms with Gasteiger partial charge in [-0.2, -0.15) is 4.63 Å². The number of aromatic amines is 1. The zero-order chi connectivity index (χ0) is 30.2. The van der Waals surface area contributed by atoms with Crippen LogP contribution in [-0.4, -0.2) is 37.5 Å². The molecule has 41 heavy (non-hydrogen) atoms. The summed E-state index contributed by atoms with van der Waals surface area (Å²) in [4.78, 5) is 15.8. The molecule has 2 N–H and O–H groups in total. The van der Waals surface area contributed by atoms with Crippen molar-refractivity contribution < 1.29 is 14.6 Å². The molecular formula is C33H43ClN4O3. The van der Waals surface area contributed by atoms with Crippen molar-refractivity contribution in [2.45, 2.75) is 91.9 Å². The van der Waals surface area contributed by atoms with Crippen LogP contribution in [0.1, 0.15) is 97.0 Å². The highest BCUT2D eigenvalue weighted by Gasteiger charge is 2.28. The molecule has 0 aliphatic carbocycles. The Morgan fingerprint density at radius 3 is 2.37 bits per heavy atom. The maximum absolute atomic E-state index is 11.0. The quantitative estimate of drug-likeness (QED) is 0.185. The predicted molar refractivity (Wildman–Crippen MR) is 165 cm³/mol. The molecule has 0 saturated heterocycles. The molecule has 0 amide bonds. The topological polar surface area (TPSA) is 92.5 Å². The van der Waals surface area contributed by atoms with Crippen molar-refractivity contribution >= 4 is 23.2 Å². The second-order valence-electron chi connectivity index (χ2n) is 13.9. The molecule has 4 aromatic rings. The van der Waals surface area contributed by atoms with Crippen LogP contribution in [0, 0.1) is 5.41 Å². The molecule has 0 atom stereocenters. The summed E-state index contributed by atoms with van der Waals surface area (Å²) < 4.78 is 7.83. The Labute approximate surface area is 248 Å². The summed E-state index contributed by atoms with van der Waals surface area (Å²) in [6.07, 6.45) is 2.09. The van der Waals surface area contributed by atoms with Crippen molar-refractivity contribution in [2.24, 2.45) is 5.41 Å². The number of fused-ring (bicyclic) bond motifs is 1. The van der Waals surface area contributed by atoms with E-state index in [-0.39, 0.29) is 22.7 Å². The third-order valence-corrected chi connectivity index (χ3v) is 7.60.